The van der Waals surface area contributed by atoms with Crippen molar-refractivity contribution in [3.63, 3.8) is 0 Å². The fourth-order valence-electron chi connectivity index (χ4n) is 3.21. The van der Waals surface area contributed by atoms with E-state index in [4.69, 9.17) is 4.74 Å². The van der Waals surface area contributed by atoms with Gasteiger partial charge in [0, 0.05) is 11.5 Å². The molecule has 0 amide bonds. The first-order chi connectivity index (χ1) is 8.95. The normalized spacial score (nSPS) is 22.0. The zero-order chi connectivity index (χ0) is 14.0. The highest BCUT2D eigenvalue weighted by Crippen LogP contribution is 2.42. The van der Waals surface area contributed by atoms with Crippen LogP contribution in [0.2, 0.25) is 0 Å². The van der Waals surface area contributed by atoms with Gasteiger partial charge < -0.3 is 4.74 Å². The summed E-state index contributed by atoms with van der Waals surface area (Å²) in [5.41, 5.74) is 2.01. The van der Waals surface area contributed by atoms with E-state index in [9.17, 15) is 4.79 Å². The van der Waals surface area contributed by atoms with Crippen LogP contribution >= 0.6 is 0 Å². The van der Waals surface area contributed by atoms with Gasteiger partial charge in [-0.3, -0.25) is 4.79 Å². The summed E-state index contributed by atoms with van der Waals surface area (Å²) < 4.78 is 5.20. The van der Waals surface area contributed by atoms with Gasteiger partial charge in [-0.15, -0.1) is 0 Å². The molecule has 1 aliphatic rings. The standard InChI is InChI=1S/C17H24O2/c1-12-11-13(19-4)8-9-14(12)16(18)15-7-5-6-10-17(15,2)3/h8-9,11,15H,5-7,10H2,1-4H3. The van der Waals surface area contributed by atoms with Gasteiger partial charge in [0.1, 0.15) is 5.75 Å². The molecule has 1 aliphatic carbocycles. The number of rotatable bonds is 3. The van der Waals surface area contributed by atoms with Crippen molar-refractivity contribution in [2.45, 2.75) is 46.5 Å². The van der Waals surface area contributed by atoms with Crippen molar-refractivity contribution >= 4 is 5.78 Å². The maximum atomic E-state index is 12.8. The summed E-state index contributed by atoms with van der Waals surface area (Å²) in [6.07, 6.45) is 4.60. The average molecular weight is 260 g/mol. The molecule has 2 heteroatoms. The van der Waals surface area contributed by atoms with Crippen LogP contribution in [-0.2, 0) is 0 Å². The van der Waals surface area contributed by atoms with E-state index in [0.717, 1.165) is 29.7 Å². The Morgan fingerprint density at radius 3 is 2.63 bits per heavy atom. The number of methoxy groups -OCH3 is 1. The third kappa shape index (κ3) is 2.83. The summed E-state index contributed by atoms with van der Waals surface area (Å²) in [6.45, 7) is 6.45. The zero-order valence-electron chi connectivity index (χ0n) is 12.5. The van der Waals surface area contributed by atoms with Crippen LogP contribution in [-0.4, -0.2) is 12.9 Å². The number of benzene rings is 1. The molecule has 1 saturated carbocycles. The van der Waals surface area contributed by atoms with Gasteiger partial charge in [-0.25, -0.2) is 0 Å². The van der Waals surface area contributed by atoms with Gasteiger partial charge in [0.25, 0.3) is 0 Å². The molecular formula is C17H24O2. The highest BCUT2D eigenvalue weighted by Gasteiger charge is 2.37. The molecule has 0 aromatic heterocycles. The SMILES string of the molecule is COc1ccc(C(=O)C2CCCCC2(C)C)c(C)c1. The first kappa shape index (κ1) is 14.1. The number of ketones is 1. The van der Waals surface area contributed by atoms with Crippen molar-refractivity contribution < 1.29 is 9.53 Å². The third-order valence-electron chi connectivity index (χ3n) is 4.52. The fourth-order valence-corrected chi connectivity index (χ4v) is 3.21. The molecule has 0 heterocycles. The van der Waals surface area contributed by atoms with E-state index in [-0.39, 0.29) is 11.3 Å². The third-order valence-corrected chi connectivity index (χ3v) is 4.52. The van der Waals surface area contributed by atoms with Gasteiger partial charge in [-0.05, 0) is 48.9 Å². The largest absolute Gasteiger partial charge is 0.497 e. The van der Waals surface area contributed by atoms with Gasteiger partial charge in [-0.2, -0.15) is 0 Å². The quantitative estimate of drug-likeness (QED) is 0.753. The molecule has 1 aromatic carbocycles. The van der Waals surface area contributed by atoms with Gasteiger partial charge in [0.15, 0.2) is 5.78 Å². The van der Waals surface area contributed by atoms with E-state index >= 15 is 0 Å². The molecule has 0 spiro atoms. The van der Waals surface area contributed by atoms with Crippen LogP contribution in [0.1, 0.15) is 55.5 Å². The summed E-state index contributed by atoms with van der Waals surface area (Å²) in [5.74, 6) is 1.29. The number of carbonyl (C=O) groups is 1. The van der Waals surface area contributed by atoms with Crippen LogP contribution in [0.25, 0.3) is 0 Å². The van der Waals surface area contributed by atoms with Crippen LogP contribution in [0.5, 0.6) is 5.75 Å². The summed E-state index contributed by atoms with van der Waals surface area (Å²) in [7, 11) is 1.65. The monoisotopic (exact) mass is 260 g/mol. The molecule has 0 N–H and O–H groups in total. The Morgan fingerprint density at radius 1 is 1.32 bits per heavy atom. The minimum Gasteiger partial charge on any atom is -0.497 e. The van der Waals surface area contributed by atoms with Crippen molar-refractivity contribution in [1.82, 2.24) is 0 Å². The molecule has 0 saturated heterocycles. The number of carbonyl (C=O) groups excluding carboxylic acids is 1. The molecule has 1 aromatic rings. The van der Waals surface area contributed by atoms with Crippen molar-refractivity contribution in [1.29, 1.82) is 0 Å². The molecule has 0 bridgehead atoms. The number of ether oxygens (including phenoxy) is 1. The Morgan fingerprint density at radius 2 is 2.05 bits per heavy atom. The Bertz CT molecular complexity index is 474. The maximum absolute atomic E-state index is 12.8. The summed E-state index contributed by atoms with van der Waals surface area (Å²) in [6, 6.07) is 5.75. The number of hydrogen-bond donors (Lipinski definition) is 0. The summed E-state index contributed by atoms with van der Waals surface area (Å²) in [4.78, 5) is 12.8. The van der Waals surface area contributed by atoms with Crippen LogP contribution in [0, 0.1) is 18.3 Å². The van der Waals surface area contributed by atoms with E-state index in [1.807, 2.05) is 25.1 Å². The fraction of sp³-hybridized carbons (Fsp3) is 0.588. The number of Topliss-reactive ketones (excluding diaryl/α,β-unsaturated/α-hetero) is 1. The highest BCUT2D eigenvalue weighted by atomic mass is 16.5. The molecule has 104 valence electrons. The van der Waals surface area contributed by atoms with Crippen LogP contribution < -0.4 is 4.74 Å². The lowest BCUT2D eigenvalue weighted by Gasteiger charge is -2.37. The highest BCUT2D eigenvalue weighted by molar-refractivity contribution is 5.99. The van der Waals surface area contributed by atoms with E-state index in [2.05, 4.69) is 13.8 Å². The lowest BCUT2D eigenvalue weighted by atomic mass is 9.66. The van der Waals surface area contributed by atoms with Crippen LogP contribution in [0.15, 0.2) is 18.2 Å². The van der Waals surface area contributed by atoms with Crippen molar-refractivity contribution in [3.05, 3.63) is 29.3 Å². The van der Waals surface area contributed by atoms with E-state index < -0.39 is 0 Å². The number of hydrogen-bond acceptors (Lipinski definition) is 2. The zero-order valence-corrected chi connectivity index (χ0v) is 12.5. The number of aryl methyl sites for hydroxylation is 1. The molecule has 2 rings (SSSR count). The van der Waals surface area contributed by atoms with E-state index in [0.29, 0.717) is 5.78 Å². The van der Waals surface area contributed by atoms with Crippen molar-refractivity contribution in [2.24, 2.45) is 11.3 Å². The predicted octanol–water partition coefficient (Wildman–Crippen LogP) is 4.40. The van der Waals surface area contributed by atoms with E-state index in [1.54, 1.807) is 7.11 Å². The maximum Gasteiger partial charge on any atom is 0.166 e. The molecule has 1 atom stereocenters. The lowest BCUT2D eigenvalue weighted by molar-refractivity contribution is 0.0696. The predicted molar refractivity (Wildman–Crippen MR) is 77.8 cm³/mol. The second-order valence-electron chi connectivity index (χ2n) is 6.33. The van der Waals surface area contributed by atoms with Crippen molar-refractivity contribution in [3.8, 4) is 5.75 Å². The van der Waals surface area contributed by atoms with E-state index in [1.165, 1.54) is 12.8 Å². The second-order valence-corrected chi connectivity index (χ2v) is 6.33. The topological polar surface area (TPSA) is 26.3 Å². The molecule has 0 radical (unpaired) electrons. The molecule has 2 nitrogen and oxygen atoms in total. The van der Waals surface area contributed by atoms with Gasteiger partial charge in [-0.1, -0.05) is 26.7 Å². The minimum absolute atomic E-state index is 0.127. The van der Waals surface area contributed by atoms with Crippen LogP contribution in [0.3, 0.4) is 0 Å². The Kier molecular flexibility index (Phi) is 3.98. The van der Waals surface area contributed by atoms with Gasteiger partial charge in [0.05, 0.1) is 7.11 Å². The van der Waals surface area contributed by atoms with Gasteiger partial charge in [0.2, 0.25) is 0 Å². The Balaban J connectivity index is 2.28. The molecule has 0 aliphatic heterocycles. The molecule has 1 fully saturated rings. The first-order valence-electron chi connectivity index (χ1n) is 7.14. The summed E-state index contributed by atoms with van der Waals surface area (Å²) >= 11 is 0. The second kappa shape index (κ2) is 5.36. The smallest absolute Gasteiger partial charge is 0.166 e. The molecular weight excluding hydrogens is 236 g/mol. The summed E-state index contributed by atoms with van der Waals surface area (Å²) in [5, 5.41) is 0. The average Bonchev–Trinajstić information content (AvgIpc) is 2.37. The van der Waals surface area contributed by atoms with Crippen LogP contribution in [0.4, 0.5) is 0 Å². The van der Waals surface area contributed by atoms with Crippen molar-refractivity contribution in [2.75, 3.05) is 7.11 Å². The Hall–Kier alpha value is -1.31. The first-order valence-corrected chi connectivity index (χ1v) is 7.14. The molecule has 1 unspecified atom stereocenters. The minimum atomic E-state index is 0.127. The lowest BCUT2D eigenvalue weighted by Crippen LogP contribution is -2.34. The molecule has 19 heavy (non-hydrogen) atoms. The van der Waals surface area contributed by atoms with Gasteiger partial charge >= 0.3 is 0 Å². The Labute approximate surface area is 116 Å².